The van der Waals surface area contributed by atoms with Crippen LogP contribution in [0, 0.1) is 11.3 Å². The predicted octanol–water partition coefficient (Wildman–Crippen LogP) is 3.45. The number of amides is 1. The molecule has 116 valence electrons. The molecular formula is C16H28ClNO2. The maximum absolute atomic E-state index is 13.1. The lowest BCUT2D eigenvalue weighted by Gasteiger charge is -2.41. The number of hydrogen-bond acceptors (Lipinski definition) is 2. The number of alkyl halides is 1. The number of nitrogens with zero attached hydrogens (tertiary/aromatic N) is 1. The molecule has 1 heterocycles. The van der Waals surface area contributed by atoms with Gasteiger partial charge in [-0.15, -0.1) is 11.6 Å². The molecule has 4 heteroatoms. The molecule has 20 heavy (non-hydrogen) atoms. The maximum Gasteiger partial charge on any atom is 0.228 e. The first-order chi connectivity index (χ1) is 9.47. The van der Waals surface area contributed by atoms with Crippen molar-refractivity contribution in [2.24, 2.45) is 11.3 Å². The molecule has 2 unspecified atom stereocenters. The number of rotatable bonds is 4. The highest BCUT2D eigenvalue weighted by atomic mass is 35.5. The summed E-state index contributed by atoms with van der Waals surface area (Å²) in [4.78, 5) is 15.1. The van der Waals surface area contributed by atoms with Crippen LogP contribution in [0.2, 0.25) is 0 Å². The summed E-state index contributed by atoms with van der Waals surface area (Å²) in [5.74, 6) is 1.39. The van der Waals surface area contributed by atoms with Gasteiger partial charge >= 0.3 is 0 Å². The van der Waals surface area contributed by atoms with E-state index < -0.39 is 0 Å². The Hall–Kier alpha value is -0.280. The van der Waals surface area contributed by atoms with Gasteiger partial charge in [-0.2, -0.15) is 0 Å². The minimum atomic E-state index is -0.109. The fraction of sp³-hybridized carbons (Fsp3) is 0.938. The van der Waals surface area contributed by atoms with Gasteiger partial charge in [-0.3, -0.25) is 4.79 Å². The van der Waals surface area contributed by atoms with Crippen LogP contribution < -0.4 is 0 Å². The van der Waals surface area contributed by atoms with Crippen LogP contribution in [0.1, 0.15) is 52.9 Å². The van der Waals surface area contributed by atoms with E-state index in [9.17, 15) is 4.79 Å². The molecule has 2 rings (SSSR count). The van der Waals surface area contributed by atoms with Gasteiger partial charge in [0.05, 0.1) is 18.1 Å². The molecule has 0 aromatic heterocycles. The molecule has 1 aliphatic carbocycles. The van der Waals surface area contributed by atoms with Crippen molar-refractivity contribution >= 4 is 17.5 Å². The molecule has 1 aliphatic heterocycles. The summed E-state index contributed by atoms with van der Waals surface area (Å²) >= 11 is 5.93. The number of morpholine rings is 1. The van der Waals surface area contributed by atoms with Crippen LogP contribution in [0.4, 0.5) is 0 Å². The van der Waals surface area contributed by atoms with Crippen molar-refractivity contribution in [2.45, 2.75) is 65.1 Å². The molecule has 2 aliphatic rings. The minimum absolute atomic E-state index is 0.0122. The zero-order chi connectivity index (χ0) is 14.8. The van der Waals surface area contributed by atoms with E-state index in [1.165, 1.54) is 12.8 Å². The third-order valence-electron chi connectivity index (χ3n) is 4.60. The van der Waals surface area contributed by atoms with E-state index >= 15 is 0 Å². The van der Waals surface area contributed by atoms with Crippen LogP contribution in [0.25, 0.3) is 0 Å². The molecule has 2 atom stereocenters. The third kappa shape index (κ3) is 3.48. The van der Waals surface area contributed by atoms with Crippen LogP contribution in [-0.2, 0) is 9.53 Å². The Labute approximate surface area is 128 Å². The average molecular weight is 302 g/mol. The molecule has 3 nitrogen and oxygen atoms in total. The van der Waals surface area contributed by atoms with E-state index in [2.05, 4.69) is 13.8 Å². The molecule has 1 amide bonds. The van der Waals surface area contributed by atoms with Crippen molar-refractivity contribution in [3.05, 3.63) is 0 Å². The Morgan fingerprint density at radius 1 is 1.35 bits per heavy atom. The van der Waals surface area contributed by atoms with Crippen LogP contribution in [0.5, 0.6) is 0 Å². The largest absolute Gasteiger partial charge is 0.370 e. The summed E-state index contributed by atoms with van der Waals surface area (Å²) in [5, 5.41) is 0. The predicted molar refractivity (Wildman–Crippen MR) is 82.0 cm³/mol. The van der Waals surface area contributed by atoms with Gasteiger partial charge in [0, 0.05) is 18.5 Å². The van der Waals surface area contributed by atoms with Crippen molar-refractivity contribution in [3.63, 3.8) is 0 Å². The van der Waals surface area contributed by atoms with Crippen molar-refractivity contribution in [3.8, 4) is 0 Å². The van der Waals surface area contributed by atoms with Crippen molar-refractivity contribution in [2.75, 3.05) is 19.0 Å². The fourth-order valence-corrected chi connectivity index (χ4v) is 4.14. The van der Waals surface area contributed by atoms with Gasteiger partial charge in [0.15, 0.2) is 0 Å². The molecule has 1 saturated carbocycles. The maximum atomic E-state index is 13.1. The lowest BCUT2D eigenvalue weighted by Crippen LogP contribution is -2.54. The monoisotopic (exact) mass is 301 g/mol. The molecule has 0 aromatic rings. The highest BCUT2D eigenvalue weighted by Gasteiger charge is 2.45. The van der Waals surface area contributed by atoms with Crippen LogP contribution in [0.3, 0.4) is 0 Å². The molecule has 1 saturated heterocycles. The molecule has 0 bridgehead atoms. The first-order valence-electron chi connectivity index (χ1n) is 7.97. The Morgan fingerprint density at radius 2 is 2.00 bits per heavy atom. The first kappa shape index (κ1) is 16.1. The van der Waals surface area contributed by atoms with Gasteiger partial charge in [0.25, 0.3) is 0 Å². The Kier molecular flexibility index (Phi) is 5.36. The van der Waals surface area contributed by atoms with Crippen LogP contribution in [-0.4, -0.2) is 42.0 Å². The van der Waals surface area contributed by atoms with Gasteiger partial charge in [-0.05, 0) is 32.1 Å². The van der Waals surface area contributed by atoms with Crippen molar-refractivity contribution < 1.29 is 9.53 Å². The first-order valence-corrected chi connectivity index (χ1v) is 8.51. The lowest BCUT2D eigenvalue weighted by atomic mass is 9.77. The van der Waals surface area contributed by atoms with Crippen LogP contribution in [0.15, 0.2) is 0 Å². The summed E-state index contributed by atoms with van der Waals surface area (Å²) in [6.45, 7) is 7.84. The van der Waals surface area contributed by atoms with Gasteiger partial charge in [-0.25, -0.2) is 0 Å². The summed E-state index contributed by atoms with van der Waals surface area (Å²) < 4.78 is 5.77. The summed E-state index contributed by atoms with van der Waals surface area (Å²) in [7, 11) is 0. The number of carbonyl (C=O) groups excluding carboxylic acids is 1. The Morgan fingerprint density at radius 3 is 2.55 bits per heavy atom. The topological polar surface area (TPSA) is 29.5 Å². The number of ether oxygens (including phenoxy) is 1. The van der Waals surface area contributed by atoms with Crippen molar-refractivity contribution in [1.82, 2.24) is 4.90 Å². The number of carbonyl (C=O) groups is 1. The highest BCUT2D eigenvalue weighted by Crippen LogP contribution is 2.45. The smallest absolute Gasteiger partial charge is 0.228 e. The Bertz CT molecular complexity index is 339. The molecule has 0 radical (unpaired) electrons. The zero-order valence-electron chi connectivity index (χ0n) is 13.0. The SMILES string of the molecule is CC(C)CC1(C(=O)N2CC(C)OC(CCl)C2)CCCC1. The standard InChI is InChI=1S/C16H28ClNO2/c1-12(2)8-16(6-4-5-7-16)15(19)18-10-13(3)20-14(9-17)11-18/h12-14H,4-11H2,1-3H3. The quantitative estimate of drug-likeness (QED) is 0.744. The minimum Gasteiger partial charge on any atom is -0.370 e. The fourth-order valence-electron chi connectivity index (χ4n) is 3.97. The van der Waals surface area contributed by atoms with Gasteiger partial charge < -0.3 is 9.64 Å². The molecule has 2 fully saturated rings. The normalized spacial score (nSPS) is 29.9. The third-order valence-corrected chi connectivity index (χ3v) is 4.94. The summed E-state index contributed by atoms with van der Waals surface area (Å²) in [5.41, 5.74) is -0.109. The lowest BCUT2D eigenvalue weighted by molar-refractivity contribution is -0.154. The summed E-state index contributed by atoms with van der Waals surface area (Å²) in [6, 6.07) is 0. The van der Waals surface area contributed by atoms with E-state index in [-0.39, 0.29) is 17.6 Å². The molecule has 0 aromatic carbocycles. The molecule has 0 spiro atoms. The van der Waals surface area contributed by atoms with E-state index in [1.807, 2.05) is 11.8 Å². The van der Waals surface area contributed by atoms with Gasteiger partial charge in [0.2, 0.25) is 5.91 Å². The number of hydrogen-bond donors (Lipinski definition) is 0. The summed E-state index contributed by atoms with van der Waals surface area (Å²) in [6.07, 6.45) is 5.59. The van der Waals surface area contributed by atoms with Gasteiger partial charge in [-0.1, -0.05) is 26.7 Å². The van der Waals surface area contributed by atoms with E-state index in [4.69, 9.17) is 16.3 Å². The van der Waals surface area contributed by atoms with Gasteiger partial charge in [0.1, 0.15) is 0 Å². The molecular weight excluding hydrogens is 274 g/mol. The number of halogens is 1. The molecule has 0 N–H and O–H groups in total. The second-order valence-electron chi connectivity index (χ2n) is 7.02. The van der Waals surface area contributed by atoms with Crippen LogP contribution >= 0.6 is 11.6 Å². The zero-order valence-corrected chi connectivity index (χ0v) is 13.8. The van der Waals surface area contributed by atoms with E-state index in [0.29, 0.717) is 30.8 Å². The second-order valence-corrected chi connectivity index (χ2v) is 7.33. The van der Waals surface area contributed by atoms with Crippen molar-refractivity contribution in [1.29, 1.82) is 0 Å². The second kappa shape index (κ2) is 6.65. The van der Waals surface area contributed by atoms with E-state index in [0.717, 1.165) is 19.3 Å². The Balaban J connectivity index is 2.10. The highest BCUT2D eigenvalue weighted by molar-refractivity contribution is 6.18. The average Bonchev–Trinajstić information content (AvgIpc) is 2.85. The van der Waals surface area contributed by atoms with E-state index in [1.54, 1.807) is 0 Å².